The molecule has 5 rings (SSSR count). The van der Waals surface area contributed by atoms with Crippen LogP contribution in [-0.4, -0.2) is 51.4 Å². The van der Waals surface area contributed by atoms with Crippen LogP contribution in [0, 0.1) is 17.3 Å². The second-order valence-corrected chi connectivity index (χ2v) is 9.36. The second-order valence-electron chi connectivity index (χ2n) is 9.36. The van der Waals surface area contributed by atoms with E-state index in [-0.39, 0.29) is 5.41 Å². The molecule has 0 atom stereocenters. The van der Waals surface area contributed by atoms with Gasteiger partial charge < -0.3 is 15.5 Å². The van der Waals surface area contributed by atoms with E-state index in [1.54, 1.807) is 0 Å². The zero-order valence-electron chi connectivity index (χ0n) is 18.7. The number of ether oxygens (including phenoxy) is 1. The number of benzene rings is 1. The molecular weight excluding hydrogens is 400 g/mol. The van der Waals surface area contributed by atoms with Crippen LogP contribution in [0.1, 0.15) is 32.0 Å². The van der Waals surface area contributed by atoms with Crippen LogP contribution in [0.3, 0.4) is 0 Å². The molecule has 1 saturated heterocycles. The van der Waals surface area contributed by atoms with Crippen LogP contribution in [0.4, 0.5) is 5.82 Å². The lowest BCUT2D eigenvalue weighted by Gasteiger charge is -2.25. The molecule has 0 unspecified atom stereocenters. The fraction of sp³-hybridized carbons (Fsp3) is 0.360. The molecule has 0 spiro atoms. The highest BCUT2D eigenvalue weighted by molar-refractivity contribution is 6.00. The summed E-state index contributed by atoms with van der Waals surface area (Å²) in [6.07, 6.45) is 1.84. The molecule has 1 aromatic carbocycles. The third-order valence-electron chi connectivity index (χ3n) is 5.67. The van der Waals surface area contributed by atoms with E-state index in [2.05, 4.69) is 75.9 Å². The number of fused-ring (bicyclic) bond motifs is 2. The molecule has 164 valence electrons. The van der Waals surface area contributed by atoms with Gasteiger partial charge in [-0.05, 0) is 56.2 Å². The summed E-state index contributed by atoms with van der Waals surface area (Å²) in [6.45, 7) is 10.6. The molecular formula is C25H28N6O. The van der Waals surface area contributed by atoms with Gasteiger partial charge in [0, 0.05) is 47.7 Å². The lowest BCUT2D eigenvalue weighted by molar-refractivity contribution is 0.0337. The smallest absolute Gasteiger partial charge is 0.153 e. The van der Waals surface area contributed by atoms with Crippen molar-refractivity contribution in [1.82, 2.24) is 25.1 Å². The Kier molecular flexibility index (Phi) is 5.12. The Labute approximate surface area is 187 Å². The van der Waals surface area contributed by atoms with Crippen molar-refractivity contribution < 1.29 is 4.74 Å². The zero-order valence-corrected chi connectivity index (χ0v) is 18.7. The molecule has 0 saturated carbocycles. The van der Waals surface area contributed by atoms with Gasteiger partial charge in [-0.3, -0.25) is 10.00 Å². The van der Waals surface area contributed by atoms with E-state index in [0.29, 0.717) is 5.82 Å². The molecule has 1 aliphatic rings. The summed E-state index contributed by atoms with van der Waals surface area (Å²) in [5.74, 6) is 7.15. The van der Waals surface area contributed by atoms with Crippen molar-refractivity contribution in [3.63, 3.8) is 0 Å². The third kappa shape index (κ3) is 4.07. The first-order chi connectivity index (χ1) is 15.4. The average Bonchev–Trinajstić information content (AvgIpc) is 3.35. The largest absolute Gasteiger partial charge is 0.382 e. The molecule has 1 fully saturated rings. The maximum Gasteiger partial charge on any atom is 0.153 e. The number of rotatable bonds is 3. The number of anilines is 1. The van der Waals surface area contributed by atoms with Crippen LogP contribution in [0.2, 0.25) is 0 Å². The summed E-state index contributed by atoms with van der Waals surface area (Å²) in [7, 11) is 0. The molecule has 32 heavy (non-hydrogen) atoms. The van der Waals surface area contributed by atoms with Crippen molar-refractivity contribution in [1.29, 1.82) is 0 Å². The minimum Gasteiger partial charge on any atom is -0.382 e. The van der Waals surface area contributed by atoms with Gasteiger partial charge in [-0.15, -0.1) is 0 Å². The van der Waals surface area contributed by atoms with Crippen molar-refractivity contribution in [2.75, 3.05) is 32.0 Å². The number of hydrogen-bond donors (Lipinski definition) is 3. The fourth-order valence-corrected chi connectivity index (χ4v) is 4.07. The van der Waals surface area contributed by atoms with E-state index >= 15 is 0 Å². The highest BCUT2D eigenvalue weighted by Crippen LogP contribution is 2.33. The first kappa shape index (κ1) is 20.6. The van der Waals surface area contributed by atoms with Crippen LogP contribution >= 0.6 is 0 Å². The van der Waals surface area contributed by atoms with Crippen molar-refractivity contribution >= 4 is 27.8 Å². The first-order valence-corrected chi connectivity index (χ1v) is 11.0. The maximum absolute atomic E-state index is 6.17. The molecule has 0 amide bonds. The van der Waals surface area contributed by atoms with E-state index in [0.717, 1.165) is 77.2 Å². The zero-order chi connectivity index (χ0) is 22.3. The van der Waals surface area contributed by atoms with E-state index < -0.39 is 0 Å². The molecule has 4 aromatic rings. The SMILES string of the molecule is CC(C)(C)C#Cc1cc(-c2ccnc3[nH]c(CN4CCOCC4)cc23)cc2c(N)n[nH]c12. The Balaban J connectivity index is 1.60. The van der Waals surface area contributed by atoms with Crippen LogP contribution in [-0.2, 0) is 11.3 Å². The molecule has 7 heteroatoms. The summed E-state index contributed by atoms with van der Waals surface area (Å²) in [5, 5.41) is 9.24. The fourth-order valence-electron chi connectivity index (χ4n) is 4.07. The van der Waals surface area contributed by atoms with Gasteiger partial charge in [-0.2, -0.15) is 5.10 Å². The van der Waals surface area contributed by atoms with E-state index in [1.807, 2.05) is 12.3 Å². The van der Waals surface area contributed by atoms with Gasteiger partial charge in [-0.1, -0.05) is 11.8 Å². The number of hydrogen-bond acceptors (Lipinski definition) is 5. The van der Waals surface area contributed by atoms with Gasteiger partial charge >= 0.3 is 0 Å². The summed E-state index contributed by atoms with van der Waals surface area (Å²) in [4.78, 5) is 10.5. The highest BCUT2D eigenvalue weighted by atomic mass is 16.5. The summed E-state index contributed by atoms with van der Waals surface area (Å²) < 4.78 is 5.47. The van der Waals surface area contributed by atoms with Crippen molar-refractivity contribution in [3.8, 4) is 23.0 Å². The molecule has 7 nitrogen and oxygen atoms in total. The second kappa shape index (κ2) is 7.97. The number of aromatic nitrogens is 4. The number of nitrogens with zero attached hydrogens (tertiary/aromatic N) is 3. The number of H-pyrrole nitrogens is 2. The Morgan fingerprint density at radius 1 is 1.16 bits per heavy atom. The maximum atomic E-state index is 6.17. The van der Waals surface area contributed by atoms with Gasteiger partial charge in [0.25, 0.3) is 0 Å². The van der Waals surface area contributed by atoms with Crippen LogP contribution in [0.15, 0.2) is 30.5 Å². The third-order valence-corrected chi connectivity index (χ3v) is 5.67. The molecule has 4 heterocycles. The lowest BCUT2D eigenvalue weighted by atomic mass is 9.95. The Morgan fingerprint density at radius 3 is 2.75 bits per heavy atom. The number of nitrogens with one attached hydrogen (secondary N) is 2. The number of nitrogens with two attached hydrogens (primary N) is 1. The summed E-state index contributed by atoms with van der Waals surface area (Å²) in [5.41, 5.74) is 12.0. The van der Waals surface area contributed by atoms with Crippen molar-refractivity contribution in [2.45, 2.75) is 27.3 Å². The molecule has 0 bridgehead atoms. The van der Waals surface area contributed by atoms with E-state index in [9.17, 15) is 0 Å². The minimum absolute atomic E-state index is 0.104. The molecule has 4 N–H and O–H groups in total. The predicted octanol–water partition coefficient (Wildman–Crippen LogP) is 3.92. The molecule has 0 radical (unpaired) electrons. The number of aromatic amines is 2. The highest BCUT2D eigenvalue weighted by Gasteiger charge is 2.16. The molecule has 3 aromatic heterocycles. The van der Waals surface area contributed by atoms with Gasteiger partial charge in [-0.25, -0.2) is 4.98 Å². The monoisotopic (exact) mass is 428 g/mol. The first-order valence-electron chi connectivity index (χ1n) is 11.0. The van der Waals surface area contributed by atoms with Crippen molar-refractivity contribution in [3.05, 3.63) is 41.7 Å². The van der Waals surface area contributed by atoms with Crippen LogP contribution < -0.4 is 5.73 Å². The molecule has 1 aliphatic heterocycles. The standard InChI is InChI=1S/C25H28N6O/c1-25(2,3)6-4-16-12-17(13-21-22(16)29-30-23(21)26)19-5-7-27-24-20(19)14-18(28-24)15-31-8-10-32-11-9-31/h5,7,12-14H,8-11,15H2,1-3H3,(H,27,28)(H3,26,29,30). The minimum atomic E-state index is -0.104. The Bertz CT molecular complexity index is 1340. The van der Waals surface area contributed by atoms with Crippen LogP contribution in [0.25, 0.3) is 33.1 Å². The van der Waals surface area contributed by atoms with Crippen molar-refractivity contribution in [2.24, 2.45) is 5.41 Å². The van der Waals surface area contributed by atoms with E-state index in [1.165, 1.54) is 0 Å². The molecule has 0 aliphatic carbocycles. The lowest BCUT2D eigenvalue weighted by Crippen LogP contribution is -2.35. The predicted molar refractivity (Wildman–Crippen MR) is 128 cm³/mol. The Hall–Kier alpha value is -3.34. The van der Waals surface area contributed by atoms with E-state index in [4.69, 9.17) is 10.5 Å². The summed E-state index contributed by atoms with van der Waals surface area (Å²) >= 11 is 0. The number of morpholine rings is 1. The number of nitrogen functional groups attached to an aromatic ring is 1. The summed E-state index contributed by atoms with van der Waals surface area (Å²) in [6, 6.07) is 8.45. The normalized spacial score (nSPS) is 15.2. The average molecular weight is 429 g/mol. The number of pyridine rings is 1. The quantitative estimate of drug-likeness (QED) is 0.430. The van der Waals surface area contributed by atoms with Crippen LogP contribution in [0.5, 0.6) is 0 Å². The van der Waals surface area contributed by atoms with Gasteiger partial charge in [0.15, 0.2) is 5.82 Å². The van der Waals surface area contributed by atoms with Gasteiger partial charge in [0.1, 0.15) is 5.65 Å². The van der Waals surface area contributed by atoms with Gasteiger partial charge in [0.2, 0.25) is 0 Å². The Morgan fingerprint density at radius 2 is 1.97 bits per heavy atom. The van der Waals surface area contributed by atoms with Gasteiger partial charge in [0.05, 0.1) is 24.3 Å². The topological polar surface area (TPSA) is 95.8 Å².